The molecular weight excluding hydrogens is 320 g/mol. The largest absolute Gasteiger partial charge is 0.469 e. The second-order valence-corrected chi connectivity index (χ2v) is 5.42. The van der Waals surface area contributed by atoms with Crippen LogP contribution >= 0.6 is 0 Å². The Kier molecular flexibility index (Phi) is 12.2. The fourth-order valence-corrected chi connectivity index (χ4v) is 2.39. The molecule has 1 amide bonds. The third kappa shape index (κ3) is 9.84. The van der Waals surface area contributed by atoms with Gasteiger partial charge < -0.3 is 15.0 Å². The van der Waals surface area contributed by atoms with Crippen molar-refractivity contribution in [1.82, 2.24) is 5.32 Å². The van der Waals surface area contributed by atoms with Crippen molar-refractivity contribution in [1.29, 1.82) is 0 Å². The molecule has 1 aromatic carbocycles. The first kappa shape index (κ1) is 22.2. The van der Waals surface area contributed by atoms with E-state index < -0.39 is 0 Å². The van der Waals surface area contributed by atoms with Crippen LogP contribution in [-0.2, 0) is 14.3 Å². The number of benzene rings is 1. The molecular formula is C17H26ArN2O3. The van der Waals surface area contributed by atoms with Crippen molar-refractivity contribution in [3.63, 3.8) is 0 Å². The van der Waals surface area contributed by atoms with Gasteiger partial charge >= 0.3 is 5.97 Å². The number of anilines is 1. The van der Waals surface area contributed by atoms with Crippen LogP contribution in [0.5, 0.6) is 0 Å². The van der Waals surface area contributed by atoms with Gasteiger partial charge in [-0.25, -0.2) is 0 Å². The number of amides is 1. The topological polar surface area (TPSA) is 58.6 Å². The van der Waals surface area contributed by atoms with Crippen LogP contribution in [0.25, 0.3) is 0 Å². The first-order valence-corrected chi connectivity index (χ1v) is 7.62. The number of carbonyl (C=O) groups excluding carboxylic acids is 2. The smallest absolute Gasteiger partial charge is 0.302 e. The van der Waals surface area contributed by atoms with Gasteiger partial charge in [0, 0.05) is 76.9 Å². The molecule has 0 saturated carbocycles. The Bertz CT molecular complexity index is 468. The molecule has 1 fully saturated rings. The molecule has 1 unspecified atom stereocenters. The molecule has 1 N–H and O–H groups in total. The van der Waals surface area contributed by atoms with Gasteiger partial charge in [-0.2, -0.15) is 0 Å². The average Bonchev–Trinajstić information content (AvgIpc) is 2.54. The van der Waals surface area contributed by atoms with Crippen LogP contribution in [0.1, 0.15) is 26.7 Å². The molecule has 2 rings (SSSR count). The third-order valence-corrected chi connectivity index (χ3v) is 3.57. The zero-order chi connectivity index (χ0) is 16.4. The van der Waals surface area contributed by atoms with E-state index >= 15 is 0 Å². The van der Waals surface area contributed by atoms with E-state index in [9.17, 15) is 9.59 Å². The maximum atomic E-state index is 10.9. The minimum Gasteiger partial charge on any atom is -0.469 e. The molecule has 0 bridgehead atoms. The normalized spacial score (nSPS) is 16.3. The van der Waals surface area contributed by atoms with E-state index in [-0.39, 0.29) is 49.6 Å². The minimum atomic E-state index is -0.245. The van der Waals surface area contributed by atoms with E-state index in [0.717, 1.165) is 19.6 Å². The van der Waals surface area contributed by atoms with Gasteiger partial charge in [0.15, 0.2) is 0 Å². The summed E-state index contributed by atoms with van der Waals surface area (Å²) in [7, 11) is 1.35. The number of para-hydroxylation sites is 1. The van der Waals surface area contributed by atoms with Crippen LogP contribution < -0.4 is 10.2 Å². The molecule has 0 aliphatic carbocycles. The summed E-state index contributed by atoms with van der Waals surface area (Å²) in [5.74, 6) is 0.402. The van der Waals surface area contributed by atoms with E-state index in [4.69, 9.17) is 0 Å². The number of nitrogens with zero attached hydrogens (tertiary/aromatic N) is 1. The molecule has 23 heavy (non-hydrogen) atoms. The van der Waals surface area contributed by atoms with Crippen LogP contribution in [0, 0.1) is 43.7 Å². The van der Waals surface area contributed by atoms with Gasteiger partial charge in [0.1, 0.15) is 0 Å². The zero-order valence-corrected chi connectivity index (χ0v) is 14.7. The maximum absolute atomic E-state index is 10.9. The quantitative estimate of drug-likeness (QED) is 0.853. The van der Waals surface area contributed by atoms with Crippen molar-refractivity contribution in [2.75, 3.05) is 31.6 Å². The Hall–Kier alpha value is -0.780. The molecule has 0 aromatic heterocycles. The van der Waals surface area contributed by atoms with Gasteiger partial charge in [-0.05, 0) is 30.9 Å². The monoisotopic (exact) mass is 346 g/mol. The predicted octanol–water partition coefficient (Wildman–Crippen LogP) is 2.22. The molecule has 5 nitrogen and oxygen atoms in total. The summed E-state index contributed by atoms with van der Waals surface area (Å²) in [5, 5.41) is 2.92. The number of methoxy groups -OCH3 is 1. The van der Waals surface area contributed by atoms with Crippen LogP contribution in [0.2, 0.25) is 0 Å². The van der Waals surface area contributed by atoms with Crippen molar-refractivity contribution >= 4 is 17.6 Å². The summed E-state index contributed by atoms with van der Waals surface area (Å²) >= 11 is 0. The first-order valence-electron chi connectivity index (χ1n) is 7.62. The Labute approximate surface area is 168 Å². The zero-order valence-electron chi connectivity index (χ0n) is 14.0. The fourth-order valence-electron chi connectivity index (χ4n) is 2.39. The number of piperidine rings is 1. The molecule has 6 heteroatoms. The van der Waals surface area contributed by atoms with Gasteiger partial charge in [0.25, 0.3) is 0 Å². The molecule has 1 aliphatic rings. The van der Waals surface area contributed by atoms with E-state index in [1.807, 2.05) is 6.07 Å². The minimum absolute atomic E-state index is 0. The summed E-state index contributed by atoms with van der Waals surface area (Å²) < 4.78 is 4.11. The van der Waals surface area contributed by atoms with Crippen molar-refractivity contribution in [2.45, 2.75) is 26.7 Å². The Morgan fingerprint density at radius 2 is 1.87 bits per heavy atom. The van der Waals surface area contributed by atoms with Crippen LogP contribution in [0.4, 0.5) is 5.69 Å². The number of ether oxygens (including phenoxy) is 1. The molecule has 1 saturated heterocycles. The second kappa shape index (κ2) is 12.6. The summed E-state index contributed by atoms with van der Waals surface area (Å²) in [6.45, 7) is 5.92. The van der Waals surface area contributed by atoms with Gasteiger partial charge in [-0.15, -0.1) is 0 Å². The van der Waals surface area contributed by atoms with Crippen molar-refractivity contribution in [3.05, 3.63) is 30.3 Å². The number of hydrogen-bond donors (Lipinski definition) is 1. The van der Waals surface area contributed by atoms with Crippen molar-refractivity contribution in [2.24, 2.45) is 5.92 Å². The second-order valence-electron chi connectivity index (χ2n) is 5.42. The van der Waals surface area contributed by atoms with Gasteiger partial charge in [0.05, 0.1) is 7.11 Å². The number of nitrogens with one attached hydrogen (secondary N) is 1. The van der Waals surface area contributed by atoms with E-state index in [2.05, 4.69) is 39.2 Å². The standard InChI is InChI=1S/C14H20N2O.C3H6O2.Ar/c1-12(17)15-10-13-6-5-9-16(11-13)14-7-3-2-4-8-14;1-3(4)5-2;/h2-4,7-8,13H,5-6,9-11H2,1H3,(H,15,17);1-2H3;. The van der Waals surface area contributed by atoms with Crippen LogP contribution in [0.15, 0.2) is 30.3 Å². The molecule has 130 valence electrons. The summed E-state index contributed by atoms with van der Waals surface area (Å²) in [5.41, 5.74) is 1.29. The Balaban J connectivity index is 0.000000709. The molecule has 1 atom stereocenters. The fraction of sp³-hybridized carbons (Fsp3) is 0.529. The number of hydrogen-bond acceptors (Lipinski definition) is 4. The molecule has 1 aromatic rings. The van der Waals surface area contributed by atoms with E-state index in [0.29, 0.717) is 5.92 Å². The Morgan fingerprint density at radius 1 is 1.26 bits per heavy atom. The SMILES string of the molecule is CC(=O)NCC1CCCN(c2ccccc2)C1.COC(C)=O.[Ar]. The summed E-state index contributed by atoms with van der Waals surface area (Å²) in [4.78, 5) is 22.9. The van der Waals surface area contributed by atoms with Crippen LogP contribution in [-0.4, -0.2) is 38.6 Å². The summed E-state index contributed by atoms with van der Waals surface area (Å²) in [6.07, 6.45) is 2.42. The van der Waals surface area contributed by atoms with E-state index in [1.54, 1.807) is 6.92 Å². The van der Waals surface area contributed by atoms with Gasteiger partial charge in [-0.3, -0.25) is 9.59 Å². The number of rotatable bonds is 3. The predicted molar refractivity (Wildman–Crippen MR) is 87.8 cm³/mol. The third-order valence-electron chi connectivity index (χ3n) is 3.57. The van der Waals surface area contributed by atoms with Gasteiger partial charge in [-0.1, -0.05) is 18.2 Å². The van der Waals surface area contributed by atoms with Crippen LogP contribution in [0.3, 0.4) is 0 Å². The average molecular weight is 346 g/mol. The number of esters is 1. The van der Waals surface area contributed by atoms with Crippen molar-refractivity contribution < 1.29 is 52.1 Å². The molecule has 0 spiro atoms. The molecule has 1 heterocycles. The Morgan fingerprint density at radius 3 is 2.39 bits per heavy atom. The van der Waals surface area contributed by atoms with E-state index in [1.165, 1.54) is 32.6 Å². The molecule has 1 aliphatic heterocycles. The van der Waals surface area contributed by atoms with Gasteiger partial charge in [0.2, 0.25) is 5.91 Å². The number of carbonyl (C=O) groups is 2. The van der Waals surface area contributed by atoms with Crippen molar-refractivity contribution in [3.8, 4) is 0 Å². The maximum Gasteiger partial charge on any atom is 0.302 e. The molecule has 0 radical (unpaired) electrons. The first-order chi connectivity index (χ1) is 10.5. The summed E-state index contributed by atoms with van der Waals surface area (Å²) in [6, 6.07) is 10.5.